The molecule has 12 nitrogen and oxygen atoms in total. The summed E-state index contributed by atoms with van der Waals surface area (Å²) in [4.78, 5) is 52.0. The molecule has 4 amide bonds. The van der Waals surface area contributed by atoms with Gasteiger partial charge in [-0.15, -0.1) is 0 Å². The molecular formula is C22H32N4O8S. The summed E-state index contributed by atoms with van der Waals surface area (Å²) in [6, 6.07) is -2.18. The number of aliphatic hydroxyl groups excluding tert-OH is 1. The van der Waals surface area contributed by atoms with E-state index < -0.39 is 68.7 Å². The summed E-state index contributed by atoms with van der Waals surface area (Å²) < 4.78 is 26.9. The molecule has 4 aliphatic rings. The number of carbonyl (C=O) groups is 4. The molecular weight excluding hydrogens is 480 g/mol. The van der Waals surface area contributed by atoms with Gasteiger partial charge in [0.2, 0.25) is 21.8 Å². The van der Waals surface area contributed by atoms with Crippen molar-refractivity contribution >= 4 is 33.8 Å². The Morgan fingerprint density at radius 1 is 1.14 bits per heavy atom. The molecule has 194 valence electrons. The standard InChI is InChI=1S/C22H32N4O8S/c27-14-10-17-18(28)24-22(20(30)25-35(33,34)15-8-9-15)11-13(22)6-4-2-1-3-5-7-16(23-21(31)32)19(29)26(17)12-14/h4,6,13-17,23,27H,1-3,5,7-12H2,(H,24,28)(H,25,30)(H,31,32)/t13-,14-,16+,17+,22-/m1/s1. The van der Waals surface area contributed by atoms with Crippen LogP contribution >= 0.6 is 0 Å². The fourth-order valence-electron chi connectivity index (χ4n) is 4.93. The first-order valence-corrected chi connectivity index (χ1v) is 13.6. The number of carboxylic acid groups (broad SMARTS) is 1. The van der Waals surface area contributed by atoms with E-state index in [9.17, 15) is 37.8 Å². The highest BCUT2D eigenvalue weighted by molar-refractivity contribution is 7.91. The number of carbonyl (C=O) groups excluding carboxylic acids is 3. The Morgan fingerprint density at radius 3 is 2.57 bits per heavy atom. The van der Waals surface area contributed by atoms with Crippen LogP contribution in [0.1, 0.15) is 57.8 Å². The predicted molar refractivity (Wildman–Crippen MR) is 122 cm³/mol. The smallest absolute Gasteiger partial charge is 0.405 e. The predicted octanol–water partition coefficient (Wildman–Crippen LogP) is -0.412. The maximum absolute atomic E-state index is 13.3. The van der Waals surface area contributed by atoms with Crippen molar-refractivity contribution in [3.63, 3.8) is 0 Å². The molecule has 5 N–H and O–H groups in total. The number of fused-ring (bicyclic) bond motifs is 2. The number of nitrogens with zero attached hydrogens (tertiary/aromatic N) is 1. The third-order valence-electron chi connectivity index (χ3n) is 7.16. The van der Waals surface area contributed by atoms with Crippen molar-refractivity contribution in [2.24, 2.45) is 5.92 Å². The molecule has 0 aromatic heterocycles. The van der Waals surface area contributed by atoms with Gasteiger partial charge in [-0.05, 0) is 38.5 Å². The Morgan fingerprint density at radius 2 is 1.89 bits per heavy atom. The summed E-state index contributed by atoms with van der Waals surface area (Å²) in [7, 11) is -3.83. The summed E-state index contributed by atoms with van der Waals surface area (Å²) >= 11 is 0. The minimum Gasteiger partial charge on any atom is -0.465 e. The second-order valence-electron chi connectivity index (χ2n) is 9.91. The highest BCUT2D eigenvalue weighted by Gasteiger charge is 2.62. The van der Waals surface area contributed by atoms with E-state index in [1.165, 1.54) is 0 Å². The van der Waals surface area contributed by atoms with Gasteiger partial charge in [0.1, 0.15) is 17.6 Å². The lowest BCUT2D eigenvalue weighted by Gasteiger charge is -2.29. The molecule has 2 heterocycles. The third kappa shape index (κ3) is 5.61. The molecule has 13 heteroatoms. The van der Waals surface area contributed by atoms with Crippen LogP contribution in [0.25, 0.3) is 0 Å². The molecule has 2 aliphatic heterocycles. The first-order chi connectivity index (χ1) is 16.5. The second-order valence-corrected chi connectivity index (χ2v) is 11.9. The quantitative estimate of drug-likeness (QED) is 0.315. The van der Waals surface area contributed by atoms with E-state index in [0.717, 1.165) is 17.7 Å². The van der Waals surface area contributed by atoms with Gasteiger partial charge in [-0.2, -0.15) is 0 Å². The highest BCUT2D eigenvalue weighted by Crippen LogP contribution is 2.46. The molecule has 1 saturated heterocycles. The lowest BCUT2D eigenvalue weighted by Crippen LogP contribution is -2.58. The van der Waals surface area contributed by atoms with Crippen LogP contribution in [0, 0.1) is 5.92 Å². The molecule has 5 atom stereocenters. The van der Waals surface area contributed by atoms with Gasteiger partial charge in [0.25, 0.3) is 5.91 Å². The fraction of sp³-hybridized carbons (Fsp3) is 0.727. The topological polar surface area (TPSA) is 182 Å². The van der Waals surface area contributed by atoms with Crippen molar-refractivity contribution in [1.82, 2.24) is 20.3 Å². The van der Waals surface area contributed by atoms with Crippen LogP contribution in [0.3, 0.4) is 0 Å². The summed E-state index contributed by atoms with van der Waals surface area (Å²) in [5, 5.41) is 23.7. The lowest BCUT2D eigenvalue weighted by molar-refractivity contribution is -0.141. The zero-order valence-electron chi connectivity index (χ0n) is 19.3. The Kier molecular flexibility index (Phi) is 7.09. The van der Waals surface area contributed by atoms with Crippen molar-refractivity contribution in [1.29, 1.82) is 0 Å². The Hall–Kier alpha value is -2.67. The molecule has 0 radical (unpaired) electrons. The molecule has 0 bridgehead atoms. The van der Waals surface area contributed by atoms with Crippen molar-refractivity contribution < 1.29 is 37.8 Å². The summed E-state index contributed by atoms with van der Waals surface area (Å²) in [6.07, 6.45) is 5.51. The number of hydrogen-bond acceptors (Lipinski definition) is 7. The SMILES string of the molecule is O=C(O)N[C@H]1CCCCCC=C[C@@H]2C[C@@]2(C(=O)NS(=O)(=O)C2CC2)NC(=O)[C@@H]2C[C@@H](O)CN2C1=O. The molecule has 0 aromatic rings. The molecule has 0 unspecified atom stereocenters. The van der Waals surface area contributed by atoms with Crippen molar-refractivity contribution in [2.45, 2.75) is 86.8 Å². The van der Waals surface area contributed by atoms with E-state index in [2.05, 4.69) is 15.4 Å². The maximum Gasteiger partial charge on any atom is 0.405 e. The van der Waals surface area contributed by atoms with Gasteiger partial charge in [0.05, 0.1) is 11.4 Å². The zero-order valence-corrected chi connectivity index (χ0v) is 20.1. The number of amides is 4. The molecule has 2 saturated carbocycles. The van der Waals surface area contributed by atoms with Crippen LogP contribution in [-0.4, -0.2) is 82.9 Å². The monoisotopic (exact) mass is 512 g/mol. The first-order valence-electron chi connectivity index (χ1n) is 12.1. The van der Waals surface area contributed by atoms with Crippen LogP contribution < -0.4 is 15.4 Å². The number of nitrogens with one attached hydrogen (secondary N) is 3. The van der Waals surface area contributed by atoms with E-state index in [4.69, 9.17) is 0 Å². The average molecular weight is 513 g/mol. The Balaban J connectivity index is 1.59. The van der Waals surface area contributed by atoms with Crippen LogP contribution in [0.4, 0.5) is 4.79 Å². The Labute approximate surface area is 203 Å². The number of sulfonamides is 1. The van der Waals surface area contributed by atoms with Gasteiger partial charge < -0.3 is 25.7 Å². The van der Waals surface area contributed by atoms with E-state index in [1.807, 2.05) is 12.2 Å². The summed E-state index contributed by atoms with van der Waals surface area (Å²) in [5.74, 6) is -2.51. The van der Waals surface area contributed by atoms with Gasteiger partial charge in [0.15, 0.2) is 0 Å². The van der Waals surface area contributed by atoms with Gasteiger partial charge >= 0.3 is 6.09 Å². The molecule has 0 spiro atoms. The van der Waals surface area contributed by atoms with Crippen LogP contribution in [-0.2, 0) is 24.4 Å². The second kappa shape index (κ2) is 9.76. The van der Waals surface area contributed by atoms with Crippen LogP contribution in [0.15, 0.2) is 12.2 Å². The largest absolute Gasteiger partial charge is 0.465 e. The van der Waals surface area contributed by atoms with Gasteiger partial charge in [-0.25, -0.2) is 13.2 Å². The Bertz CT molecular complexity index is 1030. The molecule has 0 aromatic carbocycles. The normalized spacial score (nSPS) is 34.0. The lowest BCUT2D eigenvalue weighted by atomic mass is 10.1. The molecule has 35 heavy (non-hydrogen) atoms. The number of allylic oxidation sites excluding steroid dienone is 1. The summed E-state index contributed by atoms with van der Waals surface area (Å²) in [5.41, 5.74) is -1.46. The third-order valence-corrected chi connectivity index (χ3v) is 8.98. The number of aliphatic hydroxyl groups is 1. The first kappa shape index (κ1) is 25.4. The summed E-state index contributed by atoms with van der Waals surface area (Å²) in [6.45, 7) is -0.146. The minimum absolute atomic E-state index is 0.0735. The van der Waals surface area contributed by atoms with E-state index in [-0.39, 0.29) is 25.8 Å². The average Bonchev–Trinajstić information content (AvgIpc) is 3.69. The highest BCUT2D eigenvalue weighted by atomic mass is 32.2. The minimum atomic E-state index is -3.83. The number of hydrogen-bond donors (Lipinski definition) is 5. The number of rotatable bonds is 4. The van der Waals surface area contributed by atoms with Gasteiger partial charge in [-0.1, -0.05) is 25.0 Å². The van der Waals surface area contributed by atoms with Crippen molar-refractivity contribution in [3.05, 3.63) is 12.2 Å². The van der Waals surface area contributed by atoms with Crippen LogP contribution in [0.2, 0.25) is 0 Å². The maximum atomic E-state index is 13.3. The van der Waals surface area contributed by atoms with Crippen molar-refractivity contribution in [2.75, 3.05) is 6.54 Å². The zero-order chi connectivity index (χ0) is 25.4. The molecule has 3 fully saturated rings. The van der Waals surface area contributed by atoms with E-state index >= 15 is 0 Å². The van der Waals surface area contributed by atoms with Crippen molar-refractivity contribution in [3.8, 4) is 0 Å². The molecule has 4 rings (SSSR count). The fourth-order valence-corrected chi connectivity index (χ4v) is 6.29. The van der Waals surface area contributed by atoms with Gasteiger partial charge in [-0.3, -0.25) is 19.1 Å². The molecule has 2 aliphatic carbocycles. The van der Waals surface area contributed by atoms with E-state index in [0.29, 0.717) is 25.7 Å². The van der Waals surface area contributed by atoms with E-state index in [1.54, 1.807) is 0 Å². The van der Waals surface area contributed by atoms with Gasteiger partial charge in [0, 0.05) is 18.9 Å². The van der Waals surface area contributed by atoms with Crippen LogP contribution in [0.5, 0.6) is 0 Å².